The van der Waals surface area contributed by atoms with Crippen LogP contribution in [0.15, 0.2) is 23.3 Å². The van der Waals surface area contributed by atoms with Gasteiger partial charge in [-0.05, 0) is 31.6 Å². The number of ether oxygens (including phenoxy) is 1. The normalized spacial score (nSPS) is 21.2. The van der Waals surface area contributed by atoms with Crippen LogP contribution in [0.2, 0.25) is 0 Å². The third-order valence-electron chi connectivity index (χ3n) is 3.86. The summed E-state index contributed by atoms with van der Waals surface area (Å²) >= 11 is 1.97. The number of hydrogen-bond donors (Lipinski definition) is 2. The lowest BCUT2D eigenvalue weighted by Gasteiger charge is -2.24. The largest absolute Gasteiger partial charge is 0.476 e. The first-order valence-corrected chi connectivity index (χ1v) is 9.05. The lowest BCUT2D eigenvalue weighted by Crippen LogP contribution is -2.44. The molecule has 0 aromatic carbocycles. The average molecular weight is 376 g/mol. The molecule has 0 spiro atoms. The second kappa shape index (κ2) is 8.64. The van der Waals surface area contributed by atoms with Gasteiger partial charge in [0, 0.05) is 30.6 Å². The number of halogens is 3. The first kappa shape index (κ1) is 19.7. The fourth-order valence-corrected chi connectivity index (χ4v) is 3.67. The van der Waals surface area contributed by atoms with Crippen LogP contribution in [0.5, 0.6) is 5.88 Å². The number of aromatic nitrogens is 1. The molecule has 2 heterocycles. The maximum absolute atomic E-state index is 12.5. The Morgan fingerprint density at radius 2 is 2.20 bits per heavy atom. The van der Waals surface area contributed by atoms with Crippen LogP contribution in [0.1, 0.15) is 25.3 Å². The first-order valence-electron chi connectivity index (χ1n) is 8.07. The lowest BCUT2D eigenvalue weighted by molar-refractivity contribution is -0.137. The molecule has 0 amide bonds. The van der Waals surface area contributed by atoms with E-state index in [2.05, 4.69) is 27.5 Å². The summed E-state index contributed by atoms with van der Waals surface area (Å²) in [7, 11) is 1.69. The van der Waals surface area contributed by atoms with E-state index in [4.69, 9.17) is 4.74 Å². The van der Waals surface area contributed by atoms with Gasteiger partial charge in [0.2, 0.25) is 5.88 Å². The minimum atomic E-state index is -4.39. The van der Waals surface area contributed by atoms with Crippen molar-refractivity contribution < 1.29 is 17.9 Å². The zero-order chi connectivity index (χ0) is 18.3. The molecular formula is C16H23F3N4OS. The van der Waals surface area contributed by atoms with Crippen molar-refractivity contribution in [1.82, 2.24) is 15.6 Å². The Bertz CT molecular complexity index is 572. The molecule has 140 valence electrons. The van der Waals surface area contributed by atoms with Crippen LogP contribution in [-0.4, -0.2) is 48.2 Å². The lowest BCUT2D eigenvalue weighted by atomic mass is 10.1. The highest BCUT2D eigenvalue weighted by Gasteiger charge is 2.31. The van der Waals surface area contributed by atoms with E-state index in [1.165, 1.54) is 24.7 Å². The molecule has 1 unspecified atom stereocenters. The SMILES string of the molecule is CN=C(NCCOc1ccc(C(F)(F)F)cn1)NCC1(C)CCCS1. The molecule has 5 nitrogen and oxygen atoms in total. The van der Waals surface area contributed by atoms with Crippen LogP contribution < -0.4 is 15.4 Å². The third-order valence-corrected chi connectivity index (χ3v) is 5.40. The molecule has 1 aromatic heterocycles. The van der Waals surface area contributed by atoms with Gasteiger partial charge in [0.1, 0.15) is 6.61 Å². The maximum Gasteiger partial charge on any atom is 0.417 e. The van der Waals surface area contributed by atoms with Gasteiger partial charge in [-0.3, -0.25) is 4.99 Å². The fraction of sp³-hybridized carbons (Fsp3) is 0.625. The molecule has 0 bridgehead atoms. The van der Waals surface area contributed by atoms with Crippen LogP contribution in [0.25, 0.3) is 0 Å². The number of aliphatic imine (C=N–C) groups is 1. The Hall–Kier alpha value is -1.64. The predicted octanol–water partition coefficient (Wildman–Crippen LogP) is 2.93. The molecule has 0 saturated carbocycles. The number of guanidine groups is 1. The number of rotatable bonds is 6. The first-order chi connectivity index (χ1) is 11.8. The quantitative estimate of drug-likeness (QED) is 0.454. The van der Waals surface area contributed by atoms with Gasteiger partial charge in [0.15, 0.2) is 5.96 Å². The molecule has 2 rings (SSSR count). The van der Waals surface area contributed by atoms with E-state index in [-0.39, 0.29) is 17.2 Å². The van der Waals surface area contributed by atoms with Crippen molar-refractivity contribution >= 4 is 17.7 Å². The monoisotopic (exact) mass is 376 g/mol. The van der Waals surface area contributed by atoms with Crippen molar-refractivity contribution in [2.24, 2.45) is 4.99 Å². The van der Waals surface area contributed by atoms with E-state index < -0.39 is 11.7 Å². The van der Waals surface area contributed by atoms with Crippen molar-refractivity contribution in [2.45, 2.75) is 30.7 Å². The summed E-state index contributed by atoms with van der Waals surface area (Å²) in [6, 6.07) is 2.17. The molecule has 1 atom stereocenters. The van der Waals surface area contributed by atoms with Gasteiger partial charge >= 0.3 is 6.18 Å². The van der Waals surface area contributed by atoms with Gasteiger partial charge < -0.3 is 15.4 Å². The molecule has 1 aromatic rings. The predicted molar refractivity (Wildman–Crippen MR) is 94.2 cm³/mol. The van der Waals surface area contributed by atoms with Crippen LogP contribution in [0.4, 0.5) is 13.2 Å². The summed E-state index contributed by atoms with van der Waals surface area (Å²) in [5.41, 5.74) is -0.791. The minimum absolute atomic E-state index is 0.160. The summed E-state index contributed by atoms with van der Waals surface area (Å²) in [4.78, 5) is 7.81. The summed E-state index contributed by atoms with van der Waals surface area (Å²) in [5, 5.41) is 6.41. The Labute approximate surface area is 149 Å². The van der Waals surface area contributed by atoms with Crippen LogP contribution in [-0.2, 0) is 6.18 Å². The second-order valence-corrected chi connectivity index (χ2v) is 7.67. The number of nitrogens with one attached hydrogen (secondary N) is 2. The van der Waals surface area contributed by atoms with Gasteiger partial charge in [-0.2, -0.15) is 24.9 Å². The highest BCUT2D eigenvalue weighted by atomic mass is 32.2. The van der Waals surface area contributed by atoms with Crippen molar-refractivity contribution in [2.75, 3.05) is 32.5 Å². The molecule has 0 aliphatic carbocycles. The topological polar surface area (TPSA) is 58.5 Å². The van der Waals surface area contributed by atoms with Gasteiger partial charge in [-0.25, -0.2) is 4.98 Å². The van der Waals surface area contributed by atoms with E-state index in [1.807, 2.05) is 11.8 Å². The van der Waals surface area contributed by atoms with Gasteiger partial charge in [-0.15, -0.1) is 0 Å². The molecule has 1 aliphatic heterocycles. The third kappa shape index (κ3) is 6.30. The zero-order valence-corrected chi connectivity index (χ0v) is 15.1. The molecule has 2 N–H and O–H groups in total. The summed E-state index contributed by atoms with van der Waals surface area (Å²) < 4.78 is 42.9. The Balaban J connectivity index is 1.69. The number of pyridine rings is 1. The van der Waals surface area contributed by atoms with Gasteiger partial charge in [0.05, 0.1) is 12.1 Å². The second-order valence-electron chi connectivity index (χ2n) is 5.99. The van der Waals surface area contributed by atoms with Crippen molar-refractivity contribution in [3.8, 4) is 5.88 Å². The average Bonchev–Trinajstić information content (AvgIpc) is 3.01. The minimum Gasteiger partial charge on any atom is -0.476 e. The smallest absolute Gasteiger partial charge is 0.417 e. The van der Waals surface area contributed by atoms with Gasteiger partial charge in [-0.1, -0.05) is 0 Å². The molecular weight excluding hydrogens is 353 g/mol. The van der Waals surface area contributed by atoms with Crippen LogP contribution >= 0.6 is 11.8 Å². The summed E-state index contributed by atoms with van der Waals surface area (Å²) in [5.74, 6) is 2.03. The molecule has 0 radical (unpaired) electrons. The standard InChI is InChI=1S/C16H23F3N4OS/c1-15(6-3-9-25-15)11-23-14(20-2)21-7-8-24-13-5-4-12(10-22-13)16(17,18)19/h4-5,10H,3,6-9,11H2,1-2H3,(H2,20,21,23). The molecule has 9 heteroatoms. The van der Waals surface area contributed by atoms with E-state index >= 15 is 0 Å². The molecule has 25 heavy (non-hydrogen) atoms. The maximum atomic E-state index is 12.5. The van der Waals surface area contributed by atoms with Crippen molar-refractivity contribution in [3.63, 3.8) is 0 Å². The Kier molecular flexibility index (Phi) is 6.80. The van der Waals surface area contributed by atoms with Crippen LogP contribution in [0, 0.1) is 0 Å². The van der Waals surface area contributed by atoms with E-state index in [0.29, 0.717) is 12.5 Å². The van der Waals surface area contributed by atoms with Crippen LogP contribution in [0.3, 0.4) is 0 Å². The highest BCUT2D eigenvalue weighted by molar-refractivity contribution is 8.00. The zero-order valence-electron chi connectivity index (χ0n) is 14.3. The molecule has 1 saturated heterocycles. The highest BCUT2D eigenvalue weighted by Crippen LogP contribution is 2.36. The van der Waals surface area contributed by atoms with E-state index in [9.17, 15) is 13.2 Å². The Morgan fingerprint density at radius 1 is 1.40 bits per heavy atom. The van der Waals surface area contributed by atoms with E-state index in [1.54, 1.807) is 7.05 Å². The fourth-order valence-electron chi connectivity index (χ4n) is 2.43. The number of alkyl halides is 3. The number of thioether (sulfide) groups is 1. The van der Waals surface area contributed by atoms with E-state index in [0.717, 1.165) is 18.8 Å². The molecule has 1 fully saturated rings. The Morgan fingerprint density at radius 3 is 2.76 bits per heavy atom. The number of hydrogen-bond acceptors (Lipinski definition) is 4. The summed E-state index contributed by atoms with van der Waals surface area (Å²) in [6.07, 6.45) is -1.20. The van der Waals surface area contributed by atoms with Crippen molar-refractivity contribution in [1.29, 1.82) is 0 Å². The summed E-state index contributed by atoms with van der Waals surface area (Å²) in [6.45, 7) is 3.81. The molecule has 1 aliphatic rings. The van der Waals surface area contributed by atoms with Crippen molar-refractivity contribution in [3.05, 3.63) is 23.9 Å². The van der Waals surface area contributed by atoms with Gasteiger partial charge in [0.25, 0.3) is 0 Å². The number of nitrogens with zero attached hydrogens (tertiary/aromatic N) is 2.